The van der Waals surface area contributed by atoms with Crippen LogP contribution in [0.1, 0.15) is 36.4 Å². The standard InChI is InChI=1S/C27H27FN6O2S/c1-27(2,36)15-34-25-18(13-32-34)9-17(12-31-25)24-20(16-6-7-22(30-3)21(28)10-16)11-23(37-24)26(35)33-8-4-5-19(29)14-33/h6-7,9-13,19,36H,4-5,8,14-15,29H2,1-2H3/t19-/m1/s1. The number of aliphatic hydroxyl groups is 1. The number of fused-ring (bicyclic) bond motifs is 1. The first-order chi connectivity index (χ1) is 17.6. The second kappa shape index (κ2) is 9.67. The number of thiophene rings is 1. The lowest BCUT2D eigenvalue weighted by atomic mass is 10.0. The molecule has 37 heavy (non-hydrogen) atoms. The quantitative estimate of drug-likeness (QED) is 0.368. The molecular formula is C27H27FN6O2S. The summed E-state index contributed by atoms with van der Waals surface area (Å²) in [6.07, 6.45) is 5.14. The minimum atomic E-state index is -0.950. The average molecular weight is 519 g/mol. The minimum absolute atomic E-state index is 0.0427. The van der Waals surface area contributed by atoms with Crippen molar-refractivity contribution >= 4 is 34.0 Å². The summed E-state index contributed by atoms with van der Waals surface area (Å²) in [6, 6.07) is 8.15. The Morgan fingerprint density at radius 3 is 2.81 bits per heavy atom. The molecule has 1 saturated heterocycles. The molecule has 4 heterocycles. The fourth-order valence-corrected chi connectivity index (χ4v) is 5.75. The number of halogens is 1. The molecule has 0 radical (unpaired) electrons. The van der Waals surface area contributed by atoms with Crippen LogP contribution in [-0.2, 0) is 6.54 Å². The van der Waals surface area contributed by atoms with Gasteiger partial charge in [-0.2, -0.15) is 5.10 Å². The molecule has 0 aliphatic carbocycles. The third-order valence-corrected chi connectivity index (χ3v) is 7.51. The summed E-state index contributed by atoms with van der Waals surface area (Å²) in [5, 5.41) is 15.4. The Kier molecular flexibility index (Phi) is 6.54. The molecule has 1 aromatic carbocycles. The van der Waals surface area contributed by atoms with Crippen LogP contribution in [-0.4, -0.2) is 55.4 Å². The summed E-state index contributed by atoms with van der Waals surface area (Å²) in [6.45, 7) is 12.0. The van der Waals surface area contributed by atoms with Gasteiger partial charge in [-0.3, -0.25) is 4.79 Å². The fourth-order valence-electron chi connectivity index (χ4n) is 4.62. The number of amides is 1. The topological polar surface area (TPSA) is 102 Å². The van der Waals surface area contributed by atoms with Crippen LogP contribution in [0.25, 0.3) is 37.4 Å². The number of hydrogen-bond donors (Lipinski definition) is 2. The van der Waals surface area contributed by atoms with Gasteiger partial charge in [0.15, 0.2) is 5.65 Å². The van der Waals surface area contributed by atoms with E-state index in [-0.39, 0.29) is 24.2 Å². The molecule has 0 spiro atoms. The first kappa shape index (κ1) is 25.0. The Balaban J connectivity index is 1.60. The van der Waals surface area contributed by atoms with Crippen molar-refractivity contribution in [2.45, 2.75) is 44.9 Å². The summed E-state index contributed by atoms with van der Waals surface area (Å²) < 4.78 is 16.2. The van der Waals surface area contributed by atoms with Crippen molar-refractivity contribution in [2.24, 2.45) is 5.73 Å². The van der Waals surface area contributed by atoms with Gasteiger partial charge in [-0.15, -0.1) is 11.3 Å². The molecule has 1 amide bonds. The van der Waals surface area contributed by atoms with Gasteiger partial charge in [0.1, 0.15) is 5.82 Å². The van der Waals surface area contributed by atoms with E-state index in [0.29, 0.717) is 34.7 Å². The number of piperidine rings is 1. The number of likely N-dealkylation sites (tertiary alicyclic amines) is 1. The lowest BCUT2D eigenvalue weighted by Crippen LogP contribution is -2.45. The molecule has 1 aliphatic rings. The van der Waals surface area contributed by atoms with E-state index in [9.17, 15) is 14.3 Å². The van der Waals surface area contributed by atoms with Gasteiger partial charge < -0.3 is 15.7 Å². The van der Waals surface area contributed by atoms with E-state index < -0.39 is 11.4 Å². The highest BCUT2D eigenvalue weighted by Crippen LogP contribution is 2.41. The fraction of sp³-hybridized carbons (Fsp3) is 0.333. The Morgan fingerprint density at radius 1 is 1.30 bits per heavy atom. The predicted octanol–water partition coefficient (Wildman–Crippen LogP) is 4.85. The number of aromatic nitrogens is 3. The second-order valence-electron chi connectivity index (χ2n) is 10.0. The zero-order chi connectivity index (χ0) is 26.3. The van der Waals surface area contributed by atoms with Crippen LogP contribution < -0.4 is 5.73 Å². The van der Waals surface area contributed by atoms with Crippen molar-refractivity contribution in [1.29, 1.82) is 0 Å². The molecule has 3 N–H and O–H groups in total. The van der Waals surface area contributed by atoms with E-state index in [1.54, 1.807) is 48.0 Å². The average Bonchev–Trinajstić information content (AvgIpc) is 3.47. The minimum Gasteiger partial charge on any atom is -0.389 e. The summed E-state index contributed by atoms with van der Waals surface area (Å²) >= 11 is 1.33. The third kappa shape index (κ3) is 5.11. The van der Waals surface area contributed by atoms with Crippen molar-refractivity contribution in [3.63, 3.8) is 0 Å². The van der Waals surface area contributed by atoms with Crippen LogP contribution in [0, 0.1) is 12.4 Å². The Bertz CT molecular complexity index is 1530. The molecule has 0 unspecified atom stereocenters. The highest BCUT2D eigenvalue weighted by atomic mass is 32.1. The van der Waals surface area contributed by atoms with Crippen LogP contribution >= 0.6 is 11.3 Å². The van der Waals surface area contributed by atoms with Crippen molar-refractivity contribution in [2.75, 3.05) is 13.1 Å². The summed E-state index contributed by atoms with van der Waals surface area (Å²) in [5.74, 6) is -0.709. The van der Waals surface area contributed by atoms with Crippen molar-refractivity contribution in [3.8, 4) is 21.6 Å². The first-order valence-electron chi connectivity index (χ1n) is 12.0. The van der Waals surface area contributed by atoms with Crippen LogP contribution in [0.5, 0.6) is 0 Å². The third-order valence-electron chi connectivity index (χ3n) is 6.34. The van der Waals surface area contributed by atoms with Gasteiger partial charge in [0.2, 0.25) is 5.69 Å². The summed E-state index contributed by atoms with van der Waals surface area (Å²) in [4.78, 5) is 24.3. The van der Waals surface area contributed by atoms with E-state index in [1.807, 2.05) is 6.07 Å². The monoisotopic (exact) mass is 518 g/mol. The highest BCUT2D eigenvalue weighted by molar-refractivity contribution is 7.18. The van der Waals surface area contributed by atoms with Crippen molar-refractivity contribution in [3.05, 3.63) is 64.8 Å². The molecule has 190 valence electrons. The van der Waals surface area contributed by atoms with Gasteiger partial charge in [-0.05, 0) is 50.5 Å². The van der Waals surface area contributed by atoms with Gasteiger partial charge in [-0.1, -0.05) is 12.1 Å². The number of nitrogens with zero attached hydrogens (tertiary/aromatic N) is 5. The molecule has 1 atom stereocenters. The van der Waals surface area contributed by atoms with E-state index >= 15 is 0 Å². The maximum Gasteiger partial charge on any atom is 0.264 e. The number of pyridine rings is 1. The van der Waals surface area contributed by atoms with Crippen LogP contribution in [0.2, 0.25) is 0 Å². The zero-order valence-corrected chi connectivity index (χ0v) is 21.4. The van der Waals surface area contributed by atoms with E-state index in [1.165, 1.54) is 23.5 Å². The Morgan fingerprint density at radius 2 is 2.11 bits per heavy atom. The summed E-state index contributed by atoms with van der Waals surface area (Å²) in [5.41, 5.74) is 7.76. The van der Waals surface area contributed by atoms with Crippen molar-refractivity contribution in [1.82, 2.24) is 19.7 Å². The Labute approximate surface area is 218 Å². The SMILES string of the molecule is [C-]#[N+]c1ccc(-c2cc(C(=O)N3CCC[C@@H](N)C3)sc2-c2cnc3c(cnn3CC(C)(C)O)c2)cc1F. The van der Waals surface area contributed by atoms with E-state index in [4.69, 9.17) is 12.3 Å². The summed E-state index contributed by atoms with van der Waals surface area (Å²) in [7, 11) is 0. The predicted molar refractivity (Wildman–Crippen MR) is 142 cm³/mol. The van der Waals surface area contributed by atoms with Gasteiger partial charge in [0.25, 0.3) is 5.91 Å². The number of nitrogens with two attached hydrogens (primary N) is 1. The van der Waals surface area contributed by atoms with Gasteiger partial charge in [0, 0.05) is 46.7 Å². The largest absolute Gasteiger partial charge is 0.389 e. The molecule has 3 aromatic heterocycles. The molecule has 0 saturated carbocycles. The van der Waals surface area contributed by atoms with Crippen molar-refractivity contribution < 1.29 is 14.3 Å². The van der Waals surface area contributed by atoms with Gasteiger partial charge in [0.05, 0.1) is 29.8 Å². The zero-order valence-electron chi connectivity index (χ0n) is 20.6. The molecule has 8 nitrogen and oxygen atoms in total. The van der Waals surface area contributed by atoms with Crippen LogP contribution in [0.4, 0.5) is 10.1 Å². The number of benzene rings is 1. The second-order valence-corrected chi connectivity index (χ2v) is 11.1. The lowest BCUT2D eigenvalue weighted by Gasteiger charge is -2.30. The maximum absolute atomic E-state index is 14.6. The number of hydrogen-bond acceptors (Lipinski definition) is 6. The van der Waals surface area contributed by atoms with Gasteiger partial charge >= 0.3 is 0 Å². The smallest absolute Gasteiger partial charge is 0.264 e. The molecule has 4 aromatic rings. The maximum atomic E-state index is 14.6. The molecule has 5 rings (SSSR count). The van der Waals surface area contributed by atoms with Gasteiger partial charge in [-0.25, -0.2) is 18.9 Å². The molecular weight excluding hydrogens is 491 g/mol. The van der Waals surface area contributed by atoms with E-state index in [2.05, 4.69) is 14.9 Å². The molecule has 0 bridgehead atoms. The van der Waals surface area contributed by atoms with Crippen LogP contribution in [0.15, 0.2) is 42.7 Å². The van der Waals surface area contributed by atoms with Crippen LogP contribution in [0.3, 0.4) is 0 Å². The molecule has 1 fully saturated rings. The lowest BCUT2D eigenvalue weighted by molar-refractivity contribution is 0.0589. The first-order valence-corrected chi connectivity index (χ1v) is 12.8. The molecule has 10 heteroatoms. The normalized spacial score (nSPS) is 16.2. The number of carbonyl (C=O) groups is 1. The number of rotatable bonds is 5. The highest BCUT2D eigenvalue weighted by Gasteiger charge is 2.26. The number of carbonyl (C=O) groups excluding carboxylic acids is 1. The van der Waals surface area contributed by atoms with E-state index in [0.717, 1.165) is 28.7 Å². The Hall–Kier alpha value is -3.65. The molecule has 1 aliphatic heterocycles.